The molecule has 0 unspecified atom stereocenters. The number of halogens is 4. The Kier molecular flexibility index (Phi) is 8.36. The summed E-state index contributed by atoms with van der Waals surface area (Å²) in [5.74, 6) is -1.26. The lowest BCUT2D eigenvalue weighted by Gasteiger charge is -2.31. The summed E-state index contributed by atoms with van der Waals surface area (Å²) >= 11 is 5.63. The number of hydrogen-bond donors (Lipinski definition) is 1. The second-order valence-corrected chi connectivity index (χ2v) is 9.54. The van der Waals surface area contributed by atoms with Crippen LogP contribution in [0.4, 0.5) is 18.9 Å². The molecular formula is C21H23ClF3N3O4S. The van der Waals surface area contributed by atoms with Gasteiger partial charge in [0.1, 0.15) is 12.6 Å². The van der Waals surface area contributed by atoms with Gasteiger partial charge in [-0.1, -0.05) is 41.9 Å². The van der Waals surface area contributed by atoms with Crippen molar-refractivity contribution in [3.05, 3.63) is 64.7 Å². The van der Waals surface area contributed by atoms with Gasteiger partial charge < -0.3 is 10.2 Å². The molecule has 2 aromatic rings. The topological polar surface area (TPSA) is 86.8 Å². The molecule has 12 heteroatoms. The predicted molar refractivity (Wildman–Crippen MR) is 119 cm³/mol. The zero-order valence-electron chi connectivity index (χ0n) is 18.1. The second-order valence-electron chi connectivity index (χ2n) is 7.23. The predicted octanol–water partition coefficient (Wildman–Crippen LogP) is 3.29. The van der Waals surface area contributed by atoms with Crippen molar-refractivity contribution in [1.82, 2.24) is 10.2 Å². The lowest BCUT2D eigenvalue weighted by molar-refractivity contribution is -0.139. The van der Waals surface area contributed by atoms with Gasteiger partial charge in [0.2, 0.25) is 21.8 Å². The van der Waals surface area contributed by atoms with Crippen molar-refractivity contribution in [1.29, 1.82) is 0 Å². The molecule has 0 aliphatic carbocycles. The molecule has 0 aliphatic rings. The first-order valence-electron chi connectivity index (χ1n) is 9.65. The van der Waals surface area contributed by atoms with E-state index in [0.717, 1.165) is 23.3 Å². The summed E-state index contributed by atoms with van der Waals surface area (Å²) in [5, 5.41) is 1.82. The summed E-state index contributed by atoms with van der Waals surface area (Å²) in [5.41, 5.74) is -0.934. The van der Waals surface area contributed by atoms with Crippen LogP contribution in [0.25, 0.3) is 0 Å². The molecule has 0 aliphatic heterocycles. The highest BCUT2D eigenvalue weighted by atomic mass is 35.5. The summed E-state index contributed by atoms with van der Waals surface area (Å²) in [6.45, 7) is 0.640. The molecule has 2 aromatic carbocycles. The Balaban J connectivity index is 2.46. The third-order valence-corrected chi connectivity index (χ3v) is 6.30. The molecule has 180 valence electrons. The standard InChI is InChI=1S/C21H23ClF3N3O4S/c1-14(20(30)26-2)27(12-15-7-5-4-6-8-15)19(29)13-28(33(3,31)32)16-9-10-18(22)17(11-16)21(23,24)25/h4-11,14H,12-13H2,1-3H3,(H,26,30)/t14-/m0/s1. The molecule has 0 fully saturated rings. The molecule has 1 N–H and O–H groups in total. The number of anilines is 1. The van der Waals surface area contributed by atoms with Crippen molar-refractivity contribution >= 4 is 39.1 Å². The van der Waals surface area contributed by atoms with Gasteiger partial charge in [-0.05, 0) is 30.7 Å². The van der Waals surface area contributed by atoms with Crippen molar-refractivity contribution in [3.8, 4) is 0 Å². The molecule has 1 atom stereocenters. The Hall–Kier alpha value is -2.79. The Morgan fingerprint density at radius 2 is 1.73 bits per heavy atom. The quantitative estimate of drug-likeness (QED) is 0.596. The molecule has 0 saturated carbocycles. The van der Waals surface area contributed by atoms with Gasteiger partial charge in [-0.2, -0.15) is 13.2 Å². The molecular weight excluding hydrogens is 483 g/mol. The van der Waals surface area contributed by atoms with Crippen LogP contribution in [-0.4, -0.2) is 51.0 Å². The fourth-order valence-corrected chi connectivity index (χ4v) is 4.14. The number of alkyl halides is 3. The van der Waals surface area contributed by atoms with Crippen molar-refractivity contribution < 1.29 is 31.2 Å². The minimum Gasteiger partial charge on any atom is -0.357 e. The minimum absolute atomic E-state index is 0.0136. The van der Waals surface area contributed by atoms with Crippen LogP contribution >= 0.6 is 11.6 Å². The van der Waals surface area contributed by atoms with Crippen molar-refractivity contribution in [2.45, 2.75) is 25.7 Å². The lowest BCUT2D eigenvalue weighted by Crippen LogP contribution is -2.50. The average molecular weight is 506 g/mol. The Labute approximate surface area is 195 Å². The van der Waals surface area contributed by atoms with Crippen LogP contribution in [0.2, 0.25) is 5.02 Å². The van der Waals surface area contributed by atoms with E-state index in [4.69, 9.17) is 11.6 Å². The first-order chi connectivity index (χ1) is 15.3. The molecule has 2 amide bonds. The Morgan fingerprint density at radius 1 is 1.12 bits per heavy atom. The molecule has 0 spiro atoms. The highest BCUT2D eigenvalue weighted by Crippen LogP contribution is 2.37. The largest absolute Gasteiger partial charge is 0.417 e. The van der Waals surface area contributed by atoms with Crippen molar-refractivity contribution in [2.75, 3.05) is 24.2 Å². The van der Waals surface area contributed by atoms with Crippen LogP contribution in [-0.2, 0) is 32.3 Å². The van der Waals surface area contributed by atoms with E-state index in [1.807, 2.05) is 0 Å². The molecule has 33 heavy (non-hydrogen) atoms. The van der Waals surface area contributed by atoms with Gasteiger partial charge in [0.25, 0.3) is 0 Å². The van der Waals surface area contributed by atoms with Gasteiger partial charge in [-0.25, -0.2) is 8.42 Å². The van der Waals surface area contributed by atoms with E-state index in [1.54, 1.807) is 30.3 Å². The number of carbonyl (C=O) groups excluding carboxylic acids is 2. The van der Waals surface area contributed by atoms with Crippen LogP contribution in [0.15, 0.2) is 48.5 Å². The normalized spacial score (nSPS) is 12.7. The van der Waals surface area contributed by atoms with E-state index in [-0.39, 0.29) is 12.2 Å². The molecule has 7 nitrogen and oxygen atoms in total. The van der Waals surface area contributed by atoms with E-state index in [0.29, 0.717) is 15.9 Å². The van der Waals surface area contributed by atoms with E-state index >= 15 is 0 Å². The lowest BCUT2D eigenvalue weighted by atomic mass is 10.1. The molecule has 0 aromatic heterocycles. The molecule has 0 saturated heterocycles. The first kappa shape index (κ1) is 26.5. The summed E-state index contributed by atoms with van der Waals surface area (Å²) in [6.07, 6.45) is -4.06. The fraction of sp³-hybridized carbons (Fsp3) is 0.333. The minimum atomic E-state index is -4.83. The maximum atomic E-state index is 13.3. The fourth-order valence-electron chi connectivity index (χ4n) is 3.07. The van der Waals surface area contributed by atoms with E-state index in [2.05, 4.69) is 5.32 Å². The zero-order chi connectivity index (χ0) is 25.0. The van der Waals surface area contributed by atoms with Gasteiger partial charge >= 0.3 is 6.18 Å². The van der Waals surface area contributed by atoms with Gasteiger partial charge in [-0.15, -0.1) is 0 Å². The van der Waals surface area contributed by atoms with Gasteiger partial charge in [0.05, 0.1) is 22.5 Å². The van der Waals surface area contributed by atoms with Crippen LogP contribution in [0.1, 0.15) is 18.1 Å². The van der Waals surface area contributed by atoms with Crippen LogP contribution in [0, 0.1) is 0 Å². The number of carbonyl (C=O) groups is 2. The third-order valence-electron chi connectivity index (χ3n) is 4.83. The maximum Gasteiger partial charge on any atom is 0.417 e. The second kappa shape index (κ2) is 10.4. The zero-order valence-corrected chi connectivity index (χ0v) is 19.6. The number of benzene rings is 2. The highest BCUT2D eigenvalue weighted by Gasteiger charge is 2.35. The average Bonchev–Trinajstić information content (AvgIpc) is 2.74. The smallest absolute Gasteiger partial charge is 0.357 e. The molecule has 0 heterocycles. The van der Waals surface area contributed by atoms with Crippen molar-refractivity contribution in [3.63, 3.8) is 0 Å². The Morgan fingerprint density at radius 3 is 2.24 bits per heavy atom. The summed E-state index contributed by atoms with van der Waals surface area (Å²) in [4.78, 5) is 26.6. The van der Waals surface area contributed by atoms with E-state index in [9.17, 15) is 31.2 Å². The molecule has 2 rings (SSSR count). The number of nitrogens with zero attached hydrogens (tertiary/aromatic N) is 2. The molecule has 0 radical (unpaired) electrons. The third kappa shape index (κ3) is 6.84. The van der Waals surface area contributed by atoms with Gasteiger partial charge in [0.15, 0.2) is 0 Å². The number of amides is 2. The van der Waals surface area contributed by atoms with Crippen molar-refractivity contribution in [2.24, 2.45) is 0 Å². The summed E-state index contributed by atoms with van der Waals surface area (Å²) in [6, 6.07) is 10.3. The van der Waals surface area contributed by atoms with Crippen LogP contribution in [0.5, 0.6) is 0 Å². The summed E-state index contributed by atoms with van der Waals surface area (Å²) < 4.78 is 65.2. The monoisotopic (exact) mass is 505 g/mol. The number of hydrogen-bond acceptors (Lipinski definition) is 4. The van der Waals surface area contributed by atoms with Gasteiger partial charge in [-0.3, -0.25) is 13.9 Å². The SMILES string of the molecule is CNC(=O)[C@H](C)N(Cc1ccccc1)C(=O)CN(c1ccc(Cl)c(C(F)(F)F)c1)S(C)(=O)=O. The van der Waals surface area contributed by atoms with Gasteiger partial charge in [0, 0.05) is 13.6 Å². The molecule has 0 bridgehead atoms. The highest BCUT2D eigenvalue weighted by molar-refractivity contribution is 7.92. The number of nitrogens with one attached hydrogen (secondary N) is 1. The number of sulfonamides is 1. The van der Waals surface area contributed by atoms with E-state index in [1.165, 1.54) is 14.0 Å². The number of rotatable bonds is 8. The maximum absolute atomic E-state index is 13.3. The number of likely N-dealkylation sites (N-methyl/N-ethyl adjacent to an activating group) is 1. The summed E-state index contributed by atoms with van der Waals surface area (Å²) in [7, 11) is -2.78. The van der Waals surface area contributed by atoms with Crippen LogP contribution < -0.4 is 9.62 Å². The first-order valence-corrected chi connectivity index (χ1v) is 11.9. The van der Waals surface area contributed by atoms with Crippen LogP contribution in [0.3, 0.4) is 0 Å². The van der Waals surface area contributed by atoms with E-state index < -0.39 is 51.2 Å². The Bertz CT molecular complexity index is 1110.